The lowest BCUT2D eigenvalue weighted by Crippen LogP contribution is -2.44. The van der Waals surface area contributed by atoms with Crippen molar-refractivity contribution in [3.8, 4) is 0 Å². The maximum absolute atomic E-state index is 13.7. The zero-order valence-electron chi connectivity index (χ0n) is 10.3. The molecule has 0 aliphatic carbocycles. The Kier molecular flexibility index (Phi) is 3.91. The Morgan fingerprint density at radius 2 is 2.15 bits per heavy atom. The van der Waals surface area contributed by atoms with Gasteiger partial charge < -0.3 is 10.9 Å². The fourth-order valence-corrected chi connectivity index (χ4v) is 3.92. The Morgan fingerprint density at radius 3 is 2.75 bits per heavy atom. The van der Waals surface area contributed by atoms with Crippen LogP contribution < -0.4 is 5.73 Å². The number of oxime groups is 1. The first-order valence-corrected chi connectivity index (χ1v) is 7.26. The Hall–Kier alpha value is -1.74. The van der Waals surface area contributed by atoms with Crippen molar-refractivity contribution in [1.82, 2.24) is 4.31 Å². The van der Waals surface area contributed by atoms with Crippen molar-refractivity contribution in [1.29, 1.82) is 0 Å². The molecular weight excluding hydrogens is 292 g/mol. The van der Waals surface area contributed by atoms with Crippen molar-refractivity contribution in [3.63, 3.8) is 0 Å². The molecule has 3 N–H and O–H groups in total. The number of nitrogens with two attached hydrogens (primary N) is 1. The highest BCUT2D eigenvalue weighted by Crippen LogP contribution is 2.27. The highest BCUT2D eigenvalue weighted by Gasteiger charge is 2.38. The Labute approximate surface area is 114 Å². The average molecular weight is 305 g/mol. The van der Waals surface area contributed by atoms with Crippen LogP contribution in [0.25, 0.3) is 0 Å². The second-order valence-corrected chi connectivity index (χ2v) is 6.23. The van der Waals surface area contributed by atoms with Crippen LogP contribution in [-0.4, -0.2) is 36.4 Å². The van der Waals surface area contributed by atoms with Crippen LogP contribution in [0.5, 0.6) is 0 Å². The van der Waals surface area contributed by atoms with Crippen LogP contribution in [0.2, 0.25) is 0 Å². The van der Waals surface area contributed by atoms with Crippen LogP contribution in [-0.2, 0) is 10.0 Å². The molecular formula is C11H13F2N3O3S. The van der Waals surface area contributed by atoms with E-state index >= 15 is 0 Å². The van der Waals surface area contributed by atoms with Gasteiger partial charge in [-0.25, -0.2) is 17.2 Å². The summed E-state index contributed by atoms with van der Waals surface area (Å²) in [5.41, 5.74) is 5.45. The molecule has 1 fully saturated rings. The van der Waals surface area contributed by atoms with E-state index in [0.29, 0.717) is 18.9 Å². The van der Waals surface area contributed by atoms with Gasteiger partial charge in [-0.15, -0.1) is 0 Å². The summed E-state index contributed by atoms with van der Waals surface area (Å²) in [6.07, 6.45) is 0.876. The van der Waals surface area contributed by atoms with E-state index in [4.69, 9.17) is 10.9 Å². The molecule has 1 aliphatic heterocycles. The Morgan fingerprint density at radius 1 is 1.45 bits per heavy atom. The summed E-state index contributed by atoms with van der Waals surface area (Å²) in [7, 11) is -4.17. The number of benzene rings is 1. The first-order valence-electron chi connectivity index (χ1n) is 5.82. The molecule has 0 aromatic heterocycles. The van der Waals surface area contributed by atoms with Gasteiger partial charge in [0.2, 0.25) is 10.0 Å². The highest BCUT2D eigenvalue weighted by molar-refractivity contribution is 7.89. The fraction of sp³-hybridized carbons (Fsp3) is 0.364. The number of hydrogen-bond donors (Lipinski definition) is 2. The number of sulfonamides is 1. The predicted octanol–water partition coefficient (Wildman–Crippen LogP) is 0.864. The van der Waals surface area contributed by atoms with Crippen molar-refractivity contribution >= 4 is 15.9 Å². The van der Waals surface area contributed by atoms with E-state index in [9.17, 15) is 17.2 Å². The molecule has 0 amide bonds. The lowest BCUT2D eigenvalue weighted by molar-refractivity contribution is 0.311. The molecule has 0 spiro atoms. The van der Waals surface area contributed by atoms with Gasteiger partial charge in [0.1, 0.15) is 16.5 Å². The number of hydrogen-bond acceptors (Lipinski definition) is 4. The zero-order valence-corrected chi connectivity index (χ0v) is 11.1. The molecule has 1 saturated heterocycles. The van der Waals surface area contributed by atoms with Crippen LogP contribution in [0.4, 0.5) is 8.78 Å². The number of amidine groups is 1. The van der Waals surface area contributed by atoms with Gasteiger partial charge in [0.05, 0.1) is 6.04 Å². The maximum atomic E-state index is 13.7. The van der Waals surface area contributed by atoms with Crippen LogP contribution in [0.15, 0.2) is 28.3 Å². The number of rotatable bonds is 3. The summed E-state index contributed by atoms with van der Waals surface area (Å²) in [5.74, 6) is -2.29. The minimum absolute atomic E-state index is 0.125. The SMILES string of the molecule is NC(=NO)C1CCCN1S(=O)(=O)c1ccc(F)cc1F. The minimum Gasteiger partial charge on any atom is -0.409 e. The molecule has 0 radical (unpaired) electrons. The lowest BCUT2D eigenvalue weighted by Gasteiger charge is -2.23. The van der Waals surface area contributed by atoms with Crippen LogP contribution >= 0.6 is 0 Å². The highest BCUT2D eigenvalue weighted by atomic mass is 32.2. The van der Waals surface area contributed by atoms with Gasteiger partial charge in [0, 0.05) is 12.6 Å². The van der Waals surface area contributed by atoms with Gasteiger partial charge in [-0.2, -0.15) is 4.31 Å². The van der Waals surface area contributed by atoms with Gasteiger partial charge in [-0.05, 0) is 25.0 Å². The van der Waals surface area contributed by atoms with Gasteiger partial charge in [-0.1, -0.05) is 5.16 Å². The van der Waals surface area contributed by atoms with E-state index in [1.54, 1.807) is 0 Å². The third kappa shape index (κ3) is 2.46. The van der Waals surface area contributed by atoms with Gasteiger partial charge in [0.15, 0.2) is 5.84 Å². The monoisotopic (exact) mass is 305 g/mol. The first kappa shape index (κ1) is 14.7. The largest absolute Gasteiger partial charge is 0.409 e. The molecule has 1 atom stereocenters. The van der Waals surface area contributed by atoms with Crippen molar-refractivity contribution < 1.29 is 22.4 Å². The van der Waals surface area contributed by atoms with E-state index in [-0.39, 0.29) is 12.4 Å². The molecule has 0 bridgehead atoms. The summed E-state index contributed by atoms with van der Waals surface area (Å²) < 4.78 is 52.2. The molecule has 1 aliphatic rings. The number of halogens is 2. The predicted molar refractivity (Wildman–Crippen MR) is 66.7 cm³/mol. The molecule has 110 valence electrons. The van der Waals surface area contributed by atoms with E-state index in [1.807, 2.05) is 0 Å². The van der Waals surface area contributed by atoms with Crippen molar-refractivity contribution in [2.75, 3.05) is 6.54 Å². The topological polar surface area (TPSA) is 96.0 Å². The Bertz CT molecular complexity index is 648. The molecule has 1 unspecified atom stereocenters. The van der Waals surface area contributed by atoms with E-state index in [1.165, 1.54) is 0 Å². The lowest BCUT2D eigenvalue weighted by atomic mass is 10.2. The third-order valence-electron chi connectivity index (χ3n) is 3.14. The van der Waals surface area contributed by atoms with E-state index in [0.717, 1.165) is 16.4 Å². The smallest absolute Gasteiger partial charge is 0.246 e. The summed E-state index contributed by atoms with van der Waals surface area (Å²) in [6, 6.07) is 1.41. The molecule has 1 aromatic carbocycles. The van der Waals surface area contributed by atoms with Crippen LogP contribution in [0.1, 0.15) is 12.8 Å². The average Bonchev–Trinajstić information content (AvgIpc) is 2.87. The Balaban J connectivity index is 2.44. The van der Waals surface area contributed by atoms with Crippen molar-refractivity contribution in [2.24, 2.45) is 10.9 Å². The molecule has 6 nitrogen and oxygen atoms in total. The summed E-state index contributed by atoms with van der Waals surface area (Å²) >= 11 is 0. The van der Waals surface area contributed by atoms with E-state index < -0.39 is 32.6 Å². The van der Waals surface area contributed by atoms with Crippen molar-refractivity contribution in [2.45, 2.75) is 23.8 Å². The summed E-state index contributed by atoms with van der Waals surface area (Å²) in [5, 5.41) is 11.5. The van der Waals surface area contributed by atoms with Gasteiger partial charge in [-0.3, -0.25) is 0 Å². The van der Waals surface area contributed by atoms with E-state index in [2.05, 4.69) is 5.16 Å². The molecule has 20 heavy (non-hydrogen) atoms. The third-order valence-corrected chi connectivity index (χ3v) is 5.08. The zero-order chi connectivity index (χ0) is 14.9. The molecule has 0 saturated carbocycles. The van der Waals surface area contributed by atoms with Crippen LogP contribution in [0.3, 0.4) is 0 Å². The van der Waals surface area contributed by atoms with Gasteiger partial charge >= 0.3 is 0 Å². The standard InChI is InChI=1S/C11H13F2N3O3S/c12-7-3-4-10(8(13)6-7)20(18,19)16-5-1-2-9(16)11(14)15-17/h3-4,6,9,17H,1-2,5H2,(H2,14,15). The molecule has 2 rings (SSSR count). The molecule has 1 heterocycles. The molecule has 9 heteroatoms. The summed E-state index contributed by atoms with van der Waals surface area (Å²) in [6.45, 7) is 0.125. The minimum atomic E-state index is -4.17. The van der Waals surface area contributed by atoms with Crippen LogP contribution in [0, 0.1) is 11.6 Å². The normalized spacial score (nSPS) is 21.3. The second kappa shape index (κ2) is 5.33. The first-order chi connectivity index (χ1) is 9.37. The number of nitrogens with zero attached hydrogens (tertiary/aromatic N) is 2. The quantitative estimate of drug-likeness (QED) is 0.375. The van der Waals surface area contributed by atoms with Crippen molar-refractivity contribution in [3.05, 3.63) is 29.8 Å². The fourth-order valence-electron chi connectivity index (χ4n) is 2.20. The molecule has 1 aromatic rings. The maximum Gasteiger partial charge on any atom is 0.246 e. The second-order valence-electron chi connectivity index (χ2n) is 4.37. The summed E-state index contributed by atoms with van der Waals surface area (Å²) in [4.78, 5) is -0.628. The van der Waals surface area contributed by atoms with Gasteiger partial charge in [0.25, 0.3) is 0 Å².